The maximum atomic E-state index is 5.48. The van der Waals surface area contributed by atoms with Crippen LogP contribution in [0.25, 0.3) is 0 Å². The molecule has 0 amide bonds. The molecule has 0 bridgehead atoms. The smallest absolute Gasteiger partial charge is 0.231 e. The topological polar surface area (TPSA) is 75.9 Å². The van der Waals surface area contributed by atoms with Crippen molar-refractivity contribution in [2.75, 3.05) is 43.2 Å². The van der Waals surface area contributed by atoms with Gasteiger partial charge in [-0.25, -0.2) is 9.97 Å². The van der Waals surface area contributed by atoms with E-state index in [0.29, 0.717) is 13.3 Å². The Hall–Kier alpha value is -3.26. The molecule has 1 saturated heterocycles. The van der Waals surface area contributed by atoms with Gasteiger partial charge in [-0.05, 0) is 29.8 Å². The van der Waals surface area contributed by atoms with Crippen LogP contribution in [0.2, 0.25) is 0 Å². The van der Waals surface area contributed by atoms with Gasteiger partial charge in [0.15, 0.2) is 11.5 Å². The zero-order valence-corrected chi connectivity index (χ0v) is 16.1. The van der Waals surface area contributed by atoms with Gasteiger partial charge in [0.05, 0.1) is 12.8 Å². The van der Waals surface area contributed by atoms with Gasteiger partial charge < -0.3 is 24.1 Å². The molecular weight excluding hydrogens is 370 g/mol. The highest BCUT2D eigenvalue weighted by atomic mass is 16.7. The molecule has 0 radical (unpaired) electrons. The Balaban J connectivity index is 1.16. The number of anilines is 2. The van der Waals surface area contributed by atoms with Crippen LogP contribution in [0, 0.1) is 0 Å². The van der Waals surface area contributed by atoms with E-state index in [1.54, 1.807) is 12.6 Å². The number of nitrogens with one attached hydrogen (secondary N) is 1. The van der Waals surface area contributed by atoms with Crippen molar-refractivity contribution in [2.45, 2.75) is 13.1 Å². The van der Waals surface area contributed by atoms with E-state index < -0.39 is 0 Å². The van der Waals surface area contributed by atoms with E-state index in [-0.39, 0.29) is 0 Å². The minimum atomic E-state index is 0.314. The Kier molecular flexibility index (Phi) is 4.92. The monoisotopic (exact) mass is 393 g/mol. The summed E-state index contributed by atoms with van der Waals surface area (Å²) in [6.07, 6.45) is 3.28. The van der Waals surface area contributed by atoms with Gasteiger partial charge in [-0.2, -0.15) is 0 Å². The summed E-state index contributed by atoms with van der Waals surface area (Å²) in [4.78, 5) is 13.5. The highest BCUT2D eigenvalue weighted by Gasteiger charge is 2.20. The van der Waals surface area contributed by atoms with Crippen molar-refractivity contribution in [3.8, 4) is 11.5 Å². The van der Waals surface area contributed by atoms with Crippen molar-refractivity contribution >= 4 is 11.6 Å². The number of piperazine rings is 1. The summed E-state index contributed by atoms with van der Waals surface area (Å²) in [6, 6.07) is 12.0. The van der Waals surface area contributed by atoms with E-state index in [1.165, 1.54) is 5.56 Å². The van der Waals surface area contributed by atoms with Crippen molar-refractivity contribution in [3.05, 3.63) is 60.3 Å². The molecule has 29 heavy (non-hydrogen) atoms. The first-order valence-electron chi connectivity index (χ1n) is 9.78. The van der Waals surface area contributed by atoms with Crippen LogP contribution in [-0.4, -0.2) is 47.8 Å². The van der Waals surface area contributed by atoms with E-state index in [0.717, 1.165) is 61.6 Å². The Morgan fingerprint density at radius 2 is 1.86 bits per heavy atom. The van der Waals surface area contributed by atoms with Gasteiger partial charge >= 0.3 is 0 Å². The summed E-state index contributed by atoms with van der Waals surface area (Å²) in [5, 5.41) is 3.28. The Bertz CT molecular complexity index is 955. The summed E-state index contributed by atoms with van der Waals surface area (Å²) in [5.41, 5.74) is 1.24. The van der Waals surface area contributed by atoms with E-state index in [2.05, 4.69) is 37.2 Å². The number of rotatable bonds is 6. The maximum absolute atomic E-state index is 5.48. The van der Waals surface area contributed by atoms with Crippen molar-refractivity contribution < 1.29 is 13.9 Å². The number of furan rings is 1. The molecule has 1 fully saturated rings. The van der Waals surface area contributed by atoms with Gasteiger partial charge in [-0.15, -0.1) is 0 Å². The predicted molar refractivity (Wildman–Crippen MR) is 108 cm³/mol. The van der Waals surface area contributed by atoms with Crippen LogP contribution < -0.4 is 19.7 Å². The maximum Gasteiger partial charge on any atom is 0.231 e. The fourth-order valence-corrected chi connectivity index (χ4v) is 3.64. The molecule has 2 aliphatic rings. The minimum absolute atomic E-state index is 0.314. The summed E-state index contributed by atoms with van der Waals surface area (Å²) in [5.74, 6) is 4.30. The molecule has 8 nitrogen and oxygen atoms in total. The summed E-state index contributed by atoms with van der Waals surface area (Å²) >= 11 is 0. The van der Waals surface area contributed by atoms with E-state index in [9.17, 15) is 0 Å². The van der Waals surface area contributed by atoms with Crippen molar-refractivity contribution in [1.29, 1.82) is 0 Å². The van der Waals surface area contributed by atoms with Gasteiger partial charge in [0, 0.05) is 38.8 Å². The van der Waals surface area contributed by atoms with Gasteiger partial charge in [0.25, 0.3) is 0 Å². The zero-order chi connectivity index (χ0) is 19.5. The molecule has 1 aromatic carbocycles. The second-order valence-electron chi connectivity index (χ2n) is 7.15. The highest BCUT2D eigenvalue weighted by Crippen LogP contribution is 2.33. The van der Waals surface area contributed by atoms with Gasteiger partial charge in [0.1, 0.15) is 23.7 Å². The second-order valence-corrected chi connectivity index (χ2v) is 7.15. The molecule has 0 saturated carbocycles. The van der Waals surface area contributed by atoms with E-state index in [4.69, 9.17) is 13.9 Å². The average Bonchev–Trinajstić information content (AvgIpc) is 3.45. The molecule has 4 heterocycles. The Morgan fingerprint density at radius 3 is 2.72 bits per heavy atom. The first-order chi connectivity index (χ1) is 14.3. The molecule has 0 aliphatic carbocycles. The van der Waals surface area contributed by atoms with Gasteiger partial charge in [0.2, 0.25) is 6.79 Å². The van der Waals surface area contributed by atoms with Crippen LogP contribution in [0.15, 0.2) is 53.4 Å². The SMILES string of the molecule is c1coc(CNc2cc(N3CCN(Cc4ccc5c(c4)OCO5)CC3)ncn2)c1. The second kappa shape index (κ2) is 8.00. The molecular formula is C21H23N5O3. The first kappa shape index (κ1) is 17.8. The predicted octanol–water partition coefficient (Wildman–Crippen LogP) is 2.73. The summed E-state index contributed by atoms with van der Waals surface area (Å²) in [7, 11) is 0. The zero-order valence-electron chi connectivity index (χ0n) is 16.1. The quantitative estimate of drug-likeness (QED) is 0.685. The third-order valence-electron chi connectivity index (χ3n) is 5.22. The number of hydrogen-bond acceptors (Lipinski definition) is 8. The summed E-state index contributed by atoms with van der Waals surface area (Å²) < 4.78 is 16.2. The lowest BCUT2D eigenvalue weighted by atomic mass is 10.1. The van der Waals surface area contributed by atoms with Crippen LogP contribution >= 0.6 is 0 Å². The molecule has 1 N–H and O–H groups in total. The molecule has 5 rings (SSSR count). The lowest BCUT2D eigenvalue weighted by Crippen LogP contribution is -2.46. The number of benzene rings is 1. The molecule has 0 unspecified atom stereocenters. The Labute approximate surface area is 169 Å². The normalized spacial score (nSPS) is 16.2. The number of hydrogen-bond donors (Lipinski definition) is 1. The largest absolute Gasteiger partial charge is 0.467 e. The van der Waals surface area contributed by atoms with Crippen LogP contribution in [0.4, 0.5) is 11.6 Å². The average molecular weight is 393 g/mol. The lowest BCUT2D eigenvalue weighted by Gasteiger charge is -2.35. The molecule has 2 aromatic heterocycles. The minimum Gasteiger partial charge on any atom is -0.467 e. The molecule has 0 atom stereocenters. The third kappa shape index (κ3) is 4.12. The van der Waals surface area contributed by atoms with Gasteiger partial charge in [-0.1, -0.05) is 6.07 Å². The standard InChI is InChI=1S/C21H23N5O3/c1-2-17(27-9-1)12-22-20-11-21(24-14-23-20)26-7-5-25(6-8-26)13-16-3-4-18-19(10-16)29-15-28-18/h1-4,9-11,14H,5-8,12-13,15H2,(H,22,23,24). The number of aromatic nitrogens is 2. The molecule has 8 heteroatoms. The molecule has 150 valence electrons. The summed E-state index contributed by atoms with van der Waals surface area (Å²) in [6.45, 7) is 5.64. The molecule has 0 spiro atoms. The van der Waals surface area contributed by atoms with Crippen LogP contribution in [0.1, 0.15) is 11.3 Å². The fraction of sp³-hybridized carbons (Fsp3) is 0.333. The number of nitrogens with zero attached hydrogens (tertiary/aromatic N) is 4. The first-order valence-corrected chi connectivity index (χ1v) is 9.78. The third-order valence-corrected chi connectivity index (χ3v) is 5.22. The molecule has 2 aliphatic heterocycles. The molecule has 3 aromatic rings. The van der Waals surface area contributed by atoms with E-state index >= 15 is 0 Å². The van der Waals surface area contributed by atoms with Crippen molar-refractivity contribution in [2.24, 2.45) is 0 Å². The van der Waals surface area contributed by atoms with Crippen LogP contribution in [0.5, 0.6) is 11.5 Å². The van der Waals surface area contributed by atoms with E-state index in [1.807, 2.05) is 24.3 Å². The Morgan fingerprint density at radius 1 is 0.966 bits per heavy atom. The number of fused-ring (bicyclic) bond motifs is 1. The lowest BCUT2D eigenvalue weighted by molar-refractivity contribution is 0.174. The van der Waals surface area contributed by atoms with Crippen LogP contribution in [0.3, 0.4) is 0 Å². The van der Waals surface area contributed by atoms with Crippen LogP contribution in [-0.2, 0) is 13.1 Å². The van der Waals surface area contributed by atoms with Crippen molar-refractivity contribution in [3.63, 3.8) is 0 Å². The van der Waals surface area contributed by atoms with Crippen molar-refractivity contribution in [1.82, 2.24) is 14.9 Å². The highest BCUT2D eigenvalue weighted by molar-refractivity contribution is 5.49. The number of ether oxygens (including phenoxy) is 2. The fourth-order valence-electron chi connectivity index (χ4n) is 3.64. The van der Waals surface area contributed by atoms with Gasteiger partial charge in [-0.3, -0.25) is 4.90 Å².